The Morgan fingerprint density at radius 3 is 2.83 bits per heavy atom. The molecule has 0 saturated carbocycles. The van der Waals surface area contributed by atoms with Crippen LogP contribution in [0.3, 0.4) is 0 Å². The van der Waals surface area contributed by atoms with E-state index < -0.39 is 0 Å². The van der Waals surface area contributed by atoms with Crippen LogP contribution in [0.1, 0.15) is 0 Å². The van der Waals surface area contributed by atoms with Gasteiger partial charge >= 0.3 is 0 Å². The smallest absolute Gasteiger partial charge is 0.0361 e. The van der Waals surface area contributed by atoms with Crippen molar-refractivity contribution in [2.45, 2.75) is 0 Å². The van der Waals surface area contributed by atoms with Crippen LogP contribution in [-0.2, 0) is 0 Å². The number of nitrogen functional groups attached to an aromatic ring is 1. The number of anilines is 2. The molecule has 0 aliphatic rings. The molecule has 0 spiro atoms. The molecule has 0 saturated heterocycles. The van der Waals surface area contributed by atoms with Crippen LogP contribution in [0, 0.1) is 0 Å². The third kappa shape index (κ3) is 2.80. The summed E-state index contributed by atoms with van der Waals surface area (Å²) in [5, 5.41) is 6.30. The minimum Gasteiger partial charge on any atom is -0.399 e. The average molecular weight is 165 g/mol. The minimum absolute atomic E-state index is 0.796. The summed E-state index contributed by atoms with van der Waals surface area (Å²) in [7, 11) is 1.93. The van der Waals surface area contributed by atoms with Gasteiger partial charge in [0.2, 0.25) is 0 Å². The van der Waals surface area contributed by atoms with Crippen molar-refractivity contribution in [1.82, 2.24) is 5.32 Å². The molecule has 0 fully saturated rings. The lowest BCUT2D eigenvalue weighted by atomic mass is 10.3. The van der Waals surface area contributed by atoms with E-state index in [9.17, 15) is 0 Å². The molecule has 0 atom stereocenters. The van der Waals surface area contributed by atoms with Crippen molar-refractivity contribution in [3.8, 4) is 0 Å². The summed E-state index contributed by atoms with van der Waals surface area (Å²) in [6, 6.07) is 7.75. The van der Waals surface area contributed by atoms with Gasteiger partial charge in [-0.25, -0.2) is 0 Å². The topological polar surface area (TPSA) is 50.1 Å². The first-order chi connectivity index (χ1) is 5.83. The van der Waals surface area contributed by atoms with Crippen LogP contribution in [-0.4, -0.2) is 20.1 Å². The number of likely N-dealkylation sites (N-methyl/N-ethyl adjacent to an activating group) is 1. The molecule has 66 valence electrons. The van der Waals surface area contributed by atoms with Crippen molar-refractivity contribution in [3.05, 3.63) is 24.3 Å². The van der Waals surface area contributed by atoms with Crippen LogP contribution in [0.4, 0.5) is 11.4 Å². The van der Waals surface area contributed by atoms with E-state index in [-0.39, 0.29) is 0 Å². The summed E-state index contributed by atoms with van der Waals surface area (Å²) in [4.78, 5) is 0. The number of nitrogens with two attached hydrogens (primary N) is 1. The molecule has 3 nitrogen and oxygen atoms in total. The molecule has 12 heavy (non-hydrogen) atoms. The first-order valence-electron chi connectivity index (χ1n) is 4.07. The second-order valence-electron chi connectivity index (χ2n) is 2.66. The van der Waals surface area contributed by atoms with Gasteiger partial charge in [-0.1, -0.05) is 6.07 Å². The summed E-state index contributed by atoms with van der Waals surface area (Å²) >= 11 is 0. The lowest BCUT2D eigenvalue weighted by Crippen LogP contribution is -2.17. The number of nitrogens with one attached hydrogen (secondary N) is 2. The molecule has 1 rings (SSSR count). The van der Waals surface area contributed by atoms with Crippen molar-refractivity contribution in [2.75, 3.05) is 31.2 Å². The summed E-state index contributed by atoms with van der Waals surface area (Å²) in [5.41, 5.74) is 7.48. The Hall–Kier alpha value is -1.22. The Kier molecular flexibility index (Phi) is 3.41. The quantitative estimate of drug-likeness (QED) is 0.459. The lowest BCUT2D eigenvalue weighted by Gasteiger charge is -2.05. The van der Waals surface area contributed by atoms with Crippen LogP contribution < -0.4 is 16.4 Å². The predicted octanol–water partition coefficient (Wildman–Crippen LogP) is 0.900. The van der Waals surface area contributed by atoms with Gasteiger partial charge in [0.25, 0.3) is 0 Å². The average Bonchev–Trinajstić information content (AvgIpc) is 2.05. The first kappa shape index (κ1) is 8.87. The number of benzene rings is 1. The highest BCUT2D eigenvalue weighted by Crippen LogP contribution is 2.10. The minimum atomic E-state index is 0.796. The van der Waals surface area contributed by atoms with Gasteiger partial charge in [-0.2, -0.15) is 0 Å². The molecule has 0 aromatic heterocycles. The van der Waals surface area contributed by atoms with Crippen molar-refractivity contribution in [2.24, 2.45) is 0 Å². The predicted molar refractivity (Wildman–Crippen MR) is 53.3 cm³/mol. The molecule has 0 unspecified atom stereocenters. The molecule has 0 aliphatic carbocycles. The van der Waals surface area contributed by atoms with Gasteiger partial charge in [0.05, 0.1) is 0 Å². The van der Waals surface area contributed by atoms with Gasteiger partial charge in [-0.05, 0) is 25.2 Å². The fourth-order valence-corrected chi connectivity index (χ4v) is 0.980. The maximum Gasteiger partial charge on any atom is 0.0361 e. The van der Waals surface area contributed by atoms with E-state index in [0.717, 1.165) is 24.5 Å². The molecule has 3 heteroatoms. The van der Waals surface area contributed by atoms with Crippen molar-refractivity contribution in [1.29, 1.82) is 0 Å². The van der Waals surface area contributed by atoms with E-state index in [4.69, 9.17) is 5.73 Å². The summed E-state index contributed by atoms with van der Waals surface area (Å²) in [6.07, 6.45) is 0. The zero-order chi connectivity index (χ0) is 8.81. The first-order valence-corrected chi connectivity index (χ1v) is 4.07. The zero-order valence-electron chi connectivity index (χ0n) is 7.30. The van der Waals surface area contributed by atoms with E-state index in [0.29, 0.717) is 0 Å². The molecular formula is C9H15N3. The molecule has 4 N–H and O–H groups in total. The second kappa shape index (κ2) is 4.62. The monoisotopic (exact) mass is 165 g/mol. The van der Waals surface area contributed by atoms with Crippen molar-refractivity contribution < 1.29 is 0 Å². The number of rotatable bonds is 4. The van der Waals surface area contributed by atoms with Gasteiger partial charge in [-0.15, -0.1) is 0 Å². The number of hydrogen-bond donors (Lipinski definition) is 3. The Balaban J connectivity index is 2.41. The van der Waals surface area contributed by atoms with Gasteiger partial charge in [0.15, 0.2) is 0 Å². The van der Waals surface area contributed by atoms with Crippen LogP contribution in [0.5, 0.6) is 0 Å². The summed E-state index contributed by atoms with van der Waals surface area (Å²) in [6.45, 7) is 1.87. The molecule has 1 aromatic rings. The van der Waals surface area contributed by atoms with Gasteiger partial charge in [-0.3, -0.25) is 0 Å². The van der Waals surface area contributed by atoms with E-state index in [2.05, 4.69) is 10.6 Å². The van der Waals surface area contributed by atoms with Crippen molar-refractivity contribution >= 4 is 11.4 Å². The Labute approximate surface area is 73.0 Å². The van der Waals surface area contributed by atoms with Crippen LogP contribution in [0.15, 0.2) is 24.3 Å². The van der Waals surface area contributed by atoms with Crippen LogP contribution in [0.25, 0.3) is 0 Å². The fraction of sp³-hybridized carbons (Fsp3) is 0.333. The fourth-order valence-electron chi connectivity index (χ4n) is 0.980. The Bertz CT molecular complexity index is 235. The highest BCUT2D eigenvalue weighted by Gasteiger charge is 1.90. The highest BCUT2D eigenvalue weighted by atomic mass is 14.9. The largest absolute Gasteiger partial charge is 0.399 e. The molecule has 0 bridgehead atoms. The van der Waals surface area contributed by atoms with E-state index in [1.165, 1.54) is 0 Å². The molecule has 1 aromatic carbocycles. The Morgan fingerprint density at radius 1 is 1.33 bits per heavy atom. The van der Waals surface area contributed by atoms with E-state index in [1.807, 2.05) is 31.3 Å². The van der Waals surface area contributed by atoms with Crippen LogP contribution in [0.2, 0.25) is 0 Å². The molecule has 0 radical (unpaired) electrons. The zero-order valence-corrected chi connectivity index (χ0v) is 7.30. The summed E-state index contributed by atoms with van der Waals surface area (Å²) < 4.78 is 0. The highest BCUT2D eigenvalue weighted by molar-refractivity contribution is 5.53. The Morgan fingerprint density at radius 2 is 2.17 bits per heavy atom. The molecule has 0 heterocycles. The second-order valence-corrected chi connectivity index (χ2v) is 2.66. The van der Waals surface area contributed by atoms with Gasteiger partial charge in [0.1, 0.15) is 0 Å². The third-order valence-corrected chi connectivity index (χ3v) is 1.59. The maximum absolute atomic E-state index is 5.61. The van der Waals surface area contributed by atoms with E-state index >= 15 is 0 Å². The number of hydrogen-bond acceptors (Lipinski definition) is 3. The lowest BCUT2D eigenvalue weighted by molar-refractivity contribution is 0.824. The molecule has 0 amide bonds. The SMILES string of the molecule is CNCCNc1cccc(N)c1. The summed E-state index contributed by atoms with van der Waals surface area (Å²) in [5.74, 6) is 0. The van der Waals surface area contributed by atoms with Crippen LogP contribution >= 0.6 is 0 Å². The maximum atomic E-state index is 5.61. The molecule has 0 aliphatic heterocycles. The standard InChI is InChI=1S/C9H15N3/c1-11-5-6-12-9-4-2-3-8(10)7-9/h2-4,7,11-12H,5-6,10H2,1H3. The molecular weight excluding hydrogens is 150 g/mol. The van der Waals surface area contributed by atoms with Gasteiger partial charge in [0, 0.05) is 24.5 Å². The van der Waals surface area contributed by atoms with Gasteiger partial charge < -0.3 is 16.4 Å². The van der Waals surface area contributed by atoms with E-state index in [1.54, 1.807) is 0 Å². The normalized spacial score (nSPS) is 9.75. The third-order valence-electron chi connectivity index (χ3n) is 1.59. The van der Waals surface area contributed by atoms with Crippen molar-refractivity contribution in [3.63, 3.8) is 0 Å².